The largest absolute Gasteiger partial charge is 0.357 e. The van der Waals surface area contributed by atoms with Crippen molar-refractivity contribution in [2.45, 2.75) is 65.5 Å². The van der Waals surface area contributed by atoms with E-state index < -0.39 is 0 Å². The van der Waals surface area contributed by atoms with Crippen molar-refractivity contribution in [3.63, 3.8) is 0 Å². The number of hydrogen-bond acceptors (Lipinski definition) is 4. The molecular weight excluding hydrogens is 457 g/mol. The Hall–Kier alpha value is -0.410. The van der Waals surface area contributed by atoms with Gasteiger partial charge in [-0.1, -0.05) is 19.8 Å². The first-order valence-electron chi connectivity index (χ1n) is 9.49. The maximum Gasteiger partial charge on any atom is 0.191 e. The molecule has 150 valence electrons. The molecule has 1 aliphatic carbocycles. The van der Waals surface area contributed by atoms with E-state index in [1.165, 1.54) is 30.6 Å². The summed E-state index contributed by atoms with van der Waals surface area (Å²) in [4.78, 5) is 13.0. The van der Waals surface area contributed by atoms with Gasteiger partial charge in [-0.25, -0.2) is 9.98 Å². The number of aliphatic imine (C=N–C) groups is 1. The minimum absolute atomic E-state index is 0. The highest BCUT2D eigenvalue weighted by Gasteiger charge is 2.36. The van der Waals surface area contributed by atoms with E-state index in [1.807, 2.05) is 0 Å². The van der Waals surface area contributed by atoms with Gasteiger partial charge in [0.05, 0.1) is 17.2 Å². The Bertz CT molecular complexity index is 586. The molecule has 1 aliphatic rings. The zero-order valence-corrected chi connectivity index (χ0v) is 20.3. The third kappa shape index (κ3) is 6.34. The second-order valence-electron chi connectivity index (χ2n) is 7.61. The van der Waals surface area contributed by atoms with Crippen molar-refractivity contribution in [2.24, 2.45) is 10.9 Å². The normalized spacial score (nSPS) is 23.7. The maximum atomic E-state index is 4.80. The van der Waals surface area contributed by atoms with Crippen LogP contribution in [-0.4, -0.2) is 48.6 Å². The molecule has 7 heteroatoms. The summed E-state index contributed by atoms with van der Waals surface area (Å²) in [5, 5.41) is 8.12. The van der Waals surface area contributed by atoms with Crippen LogP contribution in [0.2, 0.25) is 0 Å². The molecule has 0 radical (unpaired) electrons. The zero-order chi connectivity index (χ0) is 18.4. The van der Waals surface area contributed by atoms with Crippen molar-refractivity contribution in [3.05, 3.63) is 15.6 Å². The van der Waals surface area contributed by atoms with Crippen LogP contribution in [0.4, 0.5) is 0 Å². The molecule has 0 aromatic carbocycles. The molecule has 1 saturated carbocycles. The first kappa shape index (κ1) is 23.6. The van der Waals surface area contributed by atoms with E-state index in [9.17, 15) is 0 Å². The monoisotopic (exact) mass is 493 g/mol. The lowest BCUT2D eigenvalue weighted by atomic mass is 9.75. The number of likely N-dealkylation sites (N-methyl/N-ethyl adjacent to an activating group) is 1. The predicted octanol–water partition coefficient (Wildman–Crippen LogP) is 3.94. The first-order chi connectivity index (χ1) is 11.9. The van der Waals surface area contributed by atoms with Crippen molar-refractivity contribution in [1.29, 1.82) is 0 Å². The van der Waals surface area contributed by atoms with Gasteiger partial charge in [-0.15, -0.1) is 35.3 Å². The first-order valence-corrected chi connectivity index (χ1v) is 10.3. The van der Waals surface area contributed by atoms with E-state index in [1.54, 1.807) is 11.3 Å². The molecule has 1 fully saturated rings. The molecule has 2 rings (SSSR count). The fourth-order valence-electron chi connectivity index (χ4n) is 3.82. The highest BCUT2D eigenvalue weighted by molar-refractivity contribution is 14.0. The summed E-state index contributed by atoms with van der Waals surface area (Å²) >= 11 is 1.74. The number of nitrogens with one attached hydrogen (secondary N) is 2. The minimum Gasteiger partial charge on any atom is -0.357 e. The van der Waals surface area contributed by atoms with E-state index in [4.69, 9.17) is 4.99 Å². The average molecular weight is 494 g/mol. The van der Waals surface area contributed by atoms with Gasteiger partial charge in [0.2, 0.25) is 0 Å². The van der Waals surface area contributed by atoms with Gasteiger partial charge in [0.25, 0.3) is 0 Å². The molecule has 1 aromatic rings. The molecular formula is C19H36IN5S. The van der Waals surface area contributed by atoms with Crippen LogP contribution in [0.15, 0.2) is 4.99 Å². The fourth-order valence-corrected chi connectivity index (χ4v) is 4.68. The lowest BCUT2D eigenvalue weighted by Crippen LogP contribution is -2.56. The van der Waals surface area contributed by atoms with Gasteiger partial charge < -0.3 is 15.5 Å². The second-order valence-corrected chi connectivity index (χ2v) is 8.90. The Labute approximate surface area is 180 Å². The van der Waals surface area contributed by atoms with Gasteiger partial charge in [-0.05, 0) is 53.6 Å². The Morgan fingerprint density at radius 3 is 2.62 bits per heavy atom. The van der Waals surface area contributed by atoms with E-state index in [0.717, 1.165) is 35.7 Å². The van der Waals surface area contributed by atoms with E-state index in [-0.39, 0.29) is 29.5 Å². The van der Waals surface area contributed by atoms with E-state index in [2.05, 4.69) is 62.3 Å². The third-order valence-electron chi connectivity index (χ3n) is 5.33. The van der Waals surface area contributed by atoms with Crippen molar-refractivity contribution in [1.82, 2.24) is 20.5 Å². The lowest BCUT2D eigenvalue weighted by Gasteiger charge is -2.45. The van der Waals surface area contributed by atoms with Crippen LogP contribution < -0.4 is 10.6 Å². The van der Waals surface area contributed by atoms with Gasteiger partial charge in [-0.2, -0.15) is 0 Å². The molecule has 0 saturated heterocycles. The number of nitrogens with zero attached hydrogens (tertiary/aromatic N) is 3. The summed E-state index contributed by atoms with van der Waals surface area (Å²) in [6, 6.07) is 0. The van der Waals surface area contributed by atoms with Crippen LogP contribution in [0.5, 0.6) is 0 Å². The van der Waals surface area contributed by atoms with Crippen LogP contribution >= 0.6 is 35.3 Å². The molecule has 0 spiro atoms. The maximum absolute atomic E-state index is 4.80. The summed E-state index contributed by atoms with van der Waals surface area (Å²) in [7, 11) is 4.43. The SMILES string of the molecule is CCNC(=NCc1sc(C)nc1C)NCC1(N(C)C)CCCC(C)C1.I. The molecule has 0 amide bonds. The van der Waals surface area contributed by atoms with Gasteiger partial charge in [0.15, 0.2) is 5.96 Å². The average Bonchev–Trinajstić information content (AvgIpc) is 2.87. The summed E-state index contributed by atoms with van der Waals surface area (Å²) in [5.41, 5.74) is 1.33. The summed E-state index contributed by atoms with van der Waals surface area (Å²) < 4.78 is 0. The highest BCUT2D eigenvalue weighted by atomic mass is 127. The van der Waals surface area contributed by atoms with Crippen LogP contribution in [-0.2, 0) is 6.54 Å². The Morgan fingerprint density at radius 2 is 2.08 bits per heavy atom. The zero-order valence-electron chi connectivity index (χ0n) is 17.2. The second kappa shape index (κ2) is 10.8. The van der Waals surface area contributed by atoms with Gasteiger partial charge >= 0.3 is 0 Å². The molecule has 0 aliphatic heterocycles. The number of hydrogen-bond donors (Lipinski definition) is 2. The Morgan fingerprint density at radius 1 is 1.35 bits per heavy atom. The number of aryl methyl sites for hydroxylation is 2. The Kier molecular flexibility index (Phi) is 9.82. The smallest absolute Gasteiger partial charge is 0.191 e. The molecule has 2 unspecified atom stereocenters. The predicted molar refractivity (Wildman–Crippen MR) is 124 cm³/mol. The van der Waals surface area contributed by atoms with Crippen molar-refractivity contribution >= 4 is 41.3 Å². The molecule has 26 heavy (non-hydrogen) atoms. The summed E-state index contributed by atoms with van der Waals surface area (Å²) in [6.07, 6.45) is 5.17. The van der Waals surface area contributed by atoms with Crippen molar-refractivity contribution in [2.75, 3.05) is 27.2 Å². The van der Waals surface area contributed by atoms with Crippen LogP contribution in [0.1, 0.15) is 55.1 Å². The molecule has 5 nitrogen and oxygen atoms in total. The molecule has 1 aromatic heterocycles. The lowest BCUT2D eigenvalue weighted by molar-refractivity contribution is 0.0795. The van der Waals surface area contributed by atoms with Crippen molar-refractivity contribution in [3.8, 4) is 0 Å². The van der Waals surface area contributed by atoms with Crippen LogP contribution in [0, 0.1) is 19.8 Å². The highest BCUT2D eigenvalue weighted by Crippen LogP contribution is 2.35. The van der Waals surface area contributed by atoms with Crippen molar-refractivity contribution < 1.29 is 0 Å². The van der Waals surface area contributed by atoms with Gasteiger partial charge in [0.1, 0.15) is 0 Å². The molecule has 2 N–H and O–H groups in total. The Balaban J connectivity index is 0.00000338. The number of guanidine groups is 1. The standard InChI is InChI=1S/C19H35N5S.HI/c1-7-20-18(21-12-17-15(3)23-16(4)25-17)22-13-19(24(5)6)10-8-9-14(2)11-19;/h14H,7-13H2,1-6H3,(H2,20,21,22);1H. The van der Waals surface area contributed by atoms with E-state index in [0.29, 0.717) is 6.54 Å². The molecule has 0 bridgehead atoms. The molecule has 1 heterocycles. The number of rotatable bonds is 6. The van der Waals surface area contributed by atoms with Gasteiger partial charge in [0, 0.05) is 23.5 Å². The molecule has 2 atom stereocenters. The fraction of sp³-hybridized carbons (Fsp3) is 0.789. The number of thiazole rings is 1. The number of aromatic nitrogens is 1. The topological polar surface area (TPSA) is 52.6 Å². The third-order valence-corrected chi connectivity index (χ3v) is 6.38. The van der Waals surface area contributed by atoms with E-state index >= 15 is 0 Å². The van der Waals surface area contributed by atoms with Crippen LogP contribution in [0.25, 0.3) is 0 Å². The summed E-state index contributed by atoms with van der Waals surface area (Å²) in [6.45, 7) is 11.1. The quantitative estimate of drug-likeness (QED) is 0.358. The van der Waals surface area contributed by atoms with Crippen LogP contribution in [0.3, 0.4) is 0 Å². The summed E-state index contributed by atoms with van der Waals surface area (Å²) in [5.74, 6) is 1.70. The van der Waals surface area contributed by atoms with Gasteiger partial charge in [-0.3, -0.25) is 0 Å². The minimum atomic E-state index is 0. The number of halogens is 1.